The van der Waals surface area contributed by atoms with Crippen molar-refractivity contribution in [3.8, 4) is 5.75 Å². The smallest absolute Gasteiger partial charge is 0.166 e. The van der Waals surface area contributed by atoms with Gasteiger partial charge >= 0.3 is 0 Å². The first-order valence-corrected chi connectivity index (χ1v) is 4.54. The molecule has 0 heterocycles. The minimum Gasteiger partial charge on any atom is -0.493 e. The van der Waals surface area contributed by atoms with E-state index in [9.17, 15) is 4.79 Å². The maximum Gasteiger partial charge on any atom is 0.166 e. The van der Waals surface area contributed by atoms with Gasteiger partial charge in [-0.25, -0.2) is 0 Å². The Bertz CT molecular complexity index is 292. The third kappa shape index (κ3) is 2.31. The van der Waals surface area contributed by atoms with E-state index >= 15 is 0 Å². The molecule has 0 saturated heterocycles. The molecular weight excluding hydrogens is 164 g/mol. The van der Waals surface area contributed by atoms with Crippen LogP contribution in [0.15, 0.2) is 24.3 Å². The van der Waals surface area contributed by atoms with E-state index < -0.39 is 0 Å². The SMILES string of the molecule is CCOc1ccccc1C(=O)CC. The zero-order valence-electron chi connectivity index (χ0n) is 8.04. The maximum atomic E-state index is 11.4. The minimum atomic E-state index is 0.129. The van der Waals surface area contributed by atoms with Crippen LogP contribution in [0.4, 0.5) is 0 Å². The van der Waals surface area contributed by atoms with E-state index in [4.69, 9.17) is 4.74 Å². The van der Waals surface area contributed by atoms with Crippen LogP contribution in [0.3, 0.4) is 0 Å². The Hall–Kier alpha value is -1.31. The molecule has 0 aliphatic carbocycles. The Balaban J connectivity index is 2.97. The molecule has 0 bridgehead atoms. The molecule has 0 atom stereocenters. The van der Waals surface area contributed by atoms with Crippen LogP contribution in [-0.2, 0) is 0 Å². The van der Waals surface area contributed by atoms with E-state index in [0.29, 0.717) is 24.3 Å². The van der Waals surface area contributed by atoms with Crippen molar-refractivity contribution in [2.45, 2.75) is 20.3 Å². The van der Waals surface area contributed by atoms with Crippen molar-refractivity contribution in [2.24, 2.45) is 0 Å². The molecule has 0 aliphatic heterocycles. The van der Waals surface area contributed by atoms with Crippen molar-refractivity contribution in [3.63, 3.8) is 0 Å². The molecule has 0 N–H and O–H groups in total. The van der Waals surface area contributed by atoms with Crippen LogP contribution < -0.4 is 4.74 Å². The summed E-state index contributed by atoms with van der Waals surface area (Å²) in [5, 5.41) is 0. The van der Waals surface area contributed by atoms with Gasteiger partial charge < -0.3 is 4.74 Å². The van der Waals surface area contributed by atoms with Crippen molar-refractivity contribution in [2.75, 3.05) is 6.61 Å². The quantitative estimate of drug-likeness (QED) is 0.662. The fourth-order valence-corrected chi connectivity index (χ4v) is 1.17. The first kappa shape index (κ1) is 9.78. The van der Waals surface area contributed by atoms with Gasteiger partial charge in [0.2, 0.25) is 0 Å². The van der Waals surface area contributed by atoms with Crippen LogP contribution in [0.2, 0.25) is 0 Å². The highest BCUT2D eigenvalue weighted by Gasteiger charge is 2.08. The number of benzene rings is 1. The molecule has 2 heteroatoms. The van der Waals surface area contributed by atoms with Crippen LogP contribution in [0, 0.1) is 0 Å². The van der Waals surface area contributed by atoms with Gasteiger partial charge in [-0.15, -0.1) is 0 Å². The molecule has 0 saturated carbocycles. The molecule has 0 radical (unpaired) electrons. The number of rotatable bonds is 4. The lowest BCUT2D eigenvalue weighted by Crippen LogP contribution is -2.02. The number of ketones is 1. The first-order chi connectivity index (χ1) is 6.29. The van der Waals surface area contributed by atoms with Crippen LogP contribution in [0.5, 0.6) is 5.75 Å². The van der Waals surface area contributed by atoms with E-state index in [1.807, 2.05) is 32.0 Å². The Morgan fingerprint density at radius 3 is 2.62 bits per heavy atom. The minimum absolute atomic E-state index is 0.129. The molecule has 0 aliphatic rings. The fraction of sp³-hybridized carbons (Fsp3) is 0.364. The van der Waals surface area contributed by atoms with E-state index in [0.717, 1.165) is 0 Å². The number of carbonyl (C=O) groups is 1. The molecule has 1 rings (SSSR count). The number of hydrogen-bond acceptors (Lipinski definition) is 2. The summed E-state index contributed by atoms with van der Waals surface area (Å²) in [6.45, 7) is 4.35. The zero-order chi connectivity index (χ0) is 9.68. The molecule has 0 aromatic heterocycles. The summed E-state index contributed by atoms with van der Waals surface area (Å²) < 4.78 is 5.34. The van der Waals surface area contributed by atoms with Gasteiger partial charge in [0.1, 0.15) is 5.75 Å². The van der Waals surface area contributed by atoms with E-state index in [1.54, 1.807) is 6.07 Å². The molecule has 0 spiro atoms. The summed E-state index contributed by atoms with van der Waals surface area (Å²) >= 11 is 0. The van der Waals surface area contributed by atoms with Crippen molar-refractivity contribution >= 4 is 5.78 Å². The average Bonchev–Trinajstić information content (AvgIpc) is 2.18. The lowest BCUT2D eigenvalue weighted by molar-refractivity contribution is 0.0984. The number of para-hydroxylation sites is 1. The highest BCUT2D eigenvalue weighted by atomic mass is 16.5. The van der Waals surface area contributed by atoms with E-state index in [2.05, 4.69) is 0 Å². The summed E-state index contributed by atoms with van der Waals surface area (Å²) in [6, 6.07) is 7.35. The number of hydrogen-bond donors (Lipinski definition) is 0. The lowest BCUT2D eigenvalue weighted by atomic mass is 10.1. The van der Waals surface area contributed by atoms with Crippen LogP contribution in [0.25, 0.3) is 0 Å². The van der Waals surface area contributed by atoms with Gasteiger partial charge in [0.05, 0.1) is 12.2 Å². The summed E-state index contributed by atoms with van der Waals surface area (Å²) in [6.07, 6.45) is 0.518. The molecule has 1 aromatic carbocycles. The topological polar surface area (TPSA) is 26.3 Å². The highest BCUT2D eigenvalue weighted by molar-refractivity contribution is 5.98. The lowest BCUT2D eigenvalue weighted by Gasteiger charge is -2.07. The second-order valence-electron chi connectivity index (χ2n) is 2.71. The van der Waals surface area contributed by atoms with Gasteiger partial charge in [0, 0.05) is 6.42 Å². The molecule has 1 aromatic rings. The van der Waals surface area contributed by atoms with Crippen LogP contribution in [-0.4, -0.2) is 12.4 Å². The van der Waals surface area contributed by atoms with Gasteiger partial charge in [-0.2, -0.15) is 0 Å². The summed E-state index contributed by atoms with van der Waals surface area (Å²) in [7, 11) is 0. The van der Waals surface area contributed by atoms with Gasteiger partial charge in [-0.3, -0.25) is 4.79 Å². The molecule has 0 fully saturated rings. The average molecular weight is 178 g/mol. The Kier molecular flexibility index (Phi) is 3.50. The van der Waals surface area contributed by atoms with Gasteiger partial charge in [-0.1, -0.05) is 19.1 Å². The van der Waals surface area contributed by atoms with Crippen molar-refractivity contribution in [3.05, 3.63) is 29.8 Å². The van der Waals surface area contributed by atoms with Crippen molar-refractivity contribution in [1.82, 2.24) is 0 Å². The highest BCUT2D eigenvalue weighted by Crippen LogP contribution is 2.19. The van der Waals surface area contributed by atoms with Crippen molar-refractivity contribution < 1.29 is 9.53 Å². The maximum absolute atomic E-state index is 11.4. The van der Waals surface area contributed by atoms with Gasteiger partial charge in [0.25, 0.3) is 0 Å². The monoisotopic (exact) mass is 178 g/mol. The number of carbonyl (C=O) groups excluding carboxylic acids is 1. The summed E-state index contributed by atoms with van der Waals surface area (Å²) in [4.78, 5) is 11.4. The van der Waals surface area contributed by atoms with Crippen LogP contribution in [0.1, 0.15) is 30.6 Å². The third-order valence-corrected chi connectivity index (χ3v) is 1.81. The van der Waals surface area contributed by atoms with Gasteiger partial charge in [-0.05, 0) is 19.1 Å². The second-order valence-corrected chi connectivity index (χ2v) is 2.71. The standard InChI is InChI=1S/C11H14O2/c1-3-10(12)9-7-5-6-8-11(9)13-4-2/h5-8H,3-4H2,1-2H3. The molecule has 0 amide bonds. The van der Waals surface area contributed by atoms with Gasteiger partial charge in [0.15, 0.2) is 5.78 Å². The Labute approximate surface area is 78.5 Å². The molecule has 70 valence electrons. The largest absolute Gasteiger partial charge is 0.493 e. The molecule has 13 heavy (non-hydrogen) atoms. The predicted molar refractivity (Wildman–Crippen MR) is 52.2 cm³/mol. The Morgan fingerprint density at radius 2 is 2.00 bits per heavy atom. The fourth-order valence-electron chi connectivity index (χ4n) is 1.17. The summed E-state index contributed by atoms with van der Waals surface area (Å²) in [5.74, 6) is 0.820. The normalized spacial score (nSPS) is 9.69. The summed E-state index contributed by atoms with van der Waals surface area (Å²) in [5.41, 5.74) is 0.687. The van der Waals surface area contributed by atoms with Crippen molar-refractivity contribution in [1.29, 1.82) is 0 Å². The molecule has 0 unspecified atom stereocenters. The second kappa shape index (κ2) is 4.65. The van der Waals surface area contributed by atoms with E-state index in [1.165, 1.54) is 0 Å². The molecule has 2 nitrogen and oxygen atoms in total. The third-order valence-electron chi connectivity index (χ3n) is 1.81. The number of ether oxygens (including phenoxy) is 1. The Morgan fingerprint density at radius 1 is 1.31 bits per heavy atom. The predicted octanol–water partition coefficient (Wildman–Crippen LogP) is 2.68. The molecular formula is C11H14O2. The van der Waals surface area contributed by atoms with Crippen LogP contribution >= 0.6 is 0 Å². The number of Topliss-reactive ketones (excluding diaryl/α,β-unsaturated/α-hetero) is 1. The zero-order valence-corrected chi connectivity index (χ0v) is 8.04. The first-order valence-electron chi connectivity index (χ1n) is 4.54. The van der Waals surface area contributed by atoms with E-state index in [-0.39, 0.29) is 5.78 Å².